The molecule has 2 aliphatic heterocycles. The lowest BCUT2D eigenvalue weighted by atomic mass is 10.1. The van der Waals surface area contributed by atoms with Crippen molar-refractivity contribution < 1.29 is 29.0 Å². The van der Waals surface area contributed by atoms with E-state index in [0.717, 1.165) is 4.90 Å². The first-order valence-electron chi connectivity index (χ1n) is 9.08. The third kappa shape index (κ3) is 5.51. The van der Waals surface area contributed by atoms with Crippen molar-refractivity contribution in [1.29, 1.82) is 0 Å². The van der Waals surface area contributed by atoms with Gasteiger partial charge in [-0.15, -0.1) is 0 Å². The van der Waals surface area contributed by atoms with Crippen molar-refractivity contribution in [2.24, 2.45) is 0 Å². The number of halogens is 2. The average Bonchev–Trinajstić information content (AvgIpc) is 2.96. The van der Waals surface area contributed by atoms with Gasteiger partial charge >= 0.3 is 6.03 Å². The fourth-order valence-corrected chi connectivity index (χ4v) is 3.38. The van der Waals surface area contributed by atoms with Crippen LogP contribution >= 0.6 is 23.2 Å². The summed E-state index contributed by atoms with van der Waals surface area (Å²) in [6.07, 6.45) is -1.28. The number of hydrogen-bond acceptors (Lipinski definition) is 6. The fourth-order valence-electron chi connectivity index (χ4n) is 3.04. The number of hydrogen-bond donors (Lipinski definition) is 2. The summed E-state index contributed by atoms with van der Waals surface area (Å²) >= 11 is 11.9. The Morgan fingerprint density at radius 3 is 2.76 bits per heavy atom. The molecule has 2 atom stereocenters. The van der Waals surface area contributed by atoms with Gasteiger partial charge in [0, 0.05) is 24.2 Å². The molecule has 0 aliphatic carbocycles. The molecule has 9 nitrogen and oxygen atoms in total. The number of aliphatic hydroxyl groups is 1. The second-order valence-electron chi connectivity index (χ2n) is 6.69. The lowest BCUT2D eigenvalue weighted by Gasteiger charge is -2.27. The zero-order chi connectivity index (χ0) is 21.0. The molecule has 2 saturated heterocycles. The second-order valence-corrected chi connectivity index (χ2v) is 7.53. The Labute approximate surface area is 177 Å². The topological polar surface area (TPSA) is 108 Å². The summed E-state index contributed by atoms with van der Waals surface area (Å²) in [4.78, 5) is 39.4. The van der Waals surface area contributed by atoms with E-state index in [4.69, 9.17) is 32.7 Å². The van der Waals surface area contributed by atoms with Crippen LogP contribution in [0.25, 0.3) is 0 Å². The lowest BCUT2D eigenvalue weighted by Crippen LogP contribution is -2.44. The molecule has 158 valence electrons. The number of aliphatic hydroxyl groups excluding tert-OH is 1. The smallest absolute Gasteiger partial charge is 0.324 e. The van der Waals surface area contributed by atoms with Gasteiger partial charge in [0.1, 0.15) is 24.5 Å². The van der Waals surface area contributed by atoms with Crippen LogP contribution in [0.3, 0.4) is 0 Å². The molecule has 29 heavy (non-hydrogen) atoms. The number of carbonyl (C=O) groups is 3. The highest BCUT2D eigenvalue weighted by Crippen LogP contribution is 2.27. The zero-order valence-corrected chi connectivity index (χ0v) is 17.0. The minimum Gasteiger partial charge on any atom is -0.489 e. The van der Waals surface area contributed by atoms with Crippen molar-refractivity contribution in [1.82, 2.24) is 15.1 Å². The Balaban J connectivity index is 1.51. The number of rotatable bonds is 7. The molecule has 2 heterocycles. The molecule has 0 spiro atoms. The number of urea groups is 1. The molecule has 0 aromatic heterocycles. The van der Waals surface area contributed by atoms with Gasteiger partial charge in [0.15, 0.2) is 0 Å². The highest BCUT2D eigenvalue weighted by molar-refractivity contribution is 6.34. The second kappa shape index (κ2) is 9.62. The van der Waals surface area contributed by atoms with E-state index in [1.807, 2.05) is 0 Å². The molecule has 11 heteroatoms. The number of β-amino-alcohol motifs (C(OH)–C–C–N with tert-alkyl or cyclic N) is 1. The Morgan fingerprint density at radius 1 is 1.31 bits per heavy atom. The zero-order valence-electron chi connectivity index (χ0n) is 15.5. The summed E-state index contributed by atoms with van der Waals surface area (Å²) in [5.74, 6) is -0.505. The van der Waals surface area contributed by atoms with Crippen molar-refractivity contribution >= 4 is 41.0 Å². The van der Waals surface area contributed by atoms with Gasteiger partial charge < -0.3 is 24.8 Å². The monoisotopic (exact) mass is 445 g/mol. The van der Waals surface area contributed by atoms with Crippen molar-refractivity contribution in [3.8, 4) is 5.75 Å². The van der Waals surface area contributed by atoms with Gasteiger partial charge in [0.25, 0.3) is 5.91 Å². The summed E-state index contributed by atoms with van der Waals surface area (Å²) in [5, 5.41) is 13.4. The molecular formula is C18H21Cl2N3O6. The van der Waals surface area contributed by atoms with E-state index in [9.17, 15) is 19.5 Å². The van der Waals surface area contributed by atoms with Gasteiger partial charge in [0.2, 0.25) is 5.91 Å². The molecule has 0 bridgehead atoms. The van der Waals surface area contributed by atoms with Crippen molar-refractivity contribution in [3.63, 3.8) is 0 Å². The normalized spacial score (nSPS) is 20.6. The molecule has 4 amide bonds. The molecular weight excluding hydrogens is 425 g/mol. The standard InChI is InChI=1S/C18H21Cl2N3O6/c19-11-1-2-13(20)15(7-11)29-10-12(24)9-23-17(26)14(21-18(23)27)8-16(25)22-3-5-28-6-4-22/h1-2,7,12,14,24H,3-6,8-10H2,(H,21,27)/t12-,14-/m1/s1. The number of imide groups is 1. The maximum absolute atomic E-state index is 12.5. The molecule has 1 aromatic carbocycles. The molecule has 2 N–H and O–H groups in total. The van der Waals surface area contributed by atoms with Crippen LogP contribution in [0.15, 0.2) is 18.2 Å². The number of carbonyl (C=O) groups excluding carboxylic acids is 3. The maximum Gasteiger partial charge on any atom is 0.324 e. The Kier molecular flexibility index (Phi) is 7.18. The first-order valence-corrected chi connectivity index (χ1v) is 9.84. The summed E-state index contributed by atoms with van der Waals surface area (Å²) in [5.41, 5.74) is 0. The van der Waals surface area contributed by atoms with Gasteiger partial charge in [-0.25, -0.2) is 4.79 Å². The number of morpholine rings is 1. The summed E-state index contributed by atoms with van der Waals surface area (Å²) < 4.78 is 10.6. The molecule has 1 aromatic rings. The average molecular weight is 446 g/mol. The number of amides is 4. The number of nitrogens with one attached hydrogen (secondary N) is 1. The predicted octanol–water partition coefficient (Wildman–Crippen LogP) is 0.902. The molecule has 2 aliphatic rings. The van der Waals surface area contributed by atoms with Crippen LogP contribution < -0.4 is 10.1 Å². The third-order valence-corrected chi connectivity index (χ3v) is 5.11. The van der Waals surface area contributed by atoms with Gasteiger partial charge in [-0.05, 0) is 12.1 Å². The molecule has 2 fully saturated rings. The van der Waals surface area contributed by atoms with E-state index in [0.29, 0.717) is 36.3 Å². The van der Waals surface area contributed by atoms with E-state index in [1.165, 1.54) is 6.07 Å². The van der Waals surface area contributed by atoms with Crippen LogP contribution in [-0.2, 0) is 14.3 Å². The largest absolute Gasteiger partial charge is 0.489 e. The number of nitrogens with zero attached hydrogens (tertiary/aromatic N) is 2. The lowest BCUT2D eigenvalue weighted by molar-refractivity contribution is -0.138. The van der Waals surface area contributed by atoms with Crippen LogP contribution in [0.5, 0.6) is 5.75 Å². The van der Waals surface area contributed by atoms with E-state index >= 15 is 0 Å². The molecule has 0 radical (unpaired) electrons. The first-order chi connectivity index (χ1) is 13.8. The van der Waals surface area contributed by atoms with Crippen molar-refractivity contribution in [2.75, 3.05) is 39.5 Å². The van der Waals surface area contributed by atoms with Gasteiger partial charge in [-0.3, -0.25) is 14.5 Å². The molecule has 0 unspecified atom stereocenters. The first kappa shape index (κ1) is 21.6. The summed E-state index contributed by atoms with van der Waals surface area (Å²) in [6, 6.07) is 3.04. The van der Waals surface area contributed by atoms with Crippen LogP contribution in [-0.4, -0.2) is 84.4 Å². The minimum absolute atomic E-state index is 0.133. The number of ether oxygens (including phenoxy) is 2. The highest BCUT2D eigenvalue weighted by atomic mass is 35.5. The van der Waals surface area contributed by atoms with Crippen molar-refractivity contribution in [3.05, 3.63) is 28.2 Å². The van der Waals surface area contributed by atoms with Crippen LogP contribution in [0.1, 0.15) is 6.42 Å². The van der Waals surface area contributed by atoms with Crippen LogP contribution in [0, 0.1) is 0 Å². The Morgan fingerprint density at radius 2 is 2.03 bits per heavy atom. The SMILES string of the molecule is O=C(C[C@H]1NC(=O)N(C[C@@H](O)COc2cc(Cl)ccc2Cl)C1=O)N1CCOCC1. The maximum atomic E-state index is 12.5. The predicted molar refractivity (Wildman–Crippen MR) is 104 cm³/mol. The highest BCUT2D eigenvalue weighted by Gasteiger charge is 2.40. The van der Waals surface area contributed by atoms with E-state index < -0.39 is 24.1 Å². The summed E-state index contributed by atoms with van der Waals surface area (Å²) in [6.45, 7) is 1.34. The van der Waals surface area contributed by atoms with Crippen LogP contribution in [0.4, 0.5) is 4.79 Å². The van der Waals surface area contributed by atoms with Gasteiger partial charge in [-0.1, -0.05) is 23.2 Å². The van der Waals surface area contributed by atoms with E-state index in [-0.39, 0.29) is 31.2 Å². The minimum atomic E-state index is -1.14. The molecule has 0 saturated carbocycles. The number of benzene rings is 1. The Bertz CT molecular complexity index is 787. The van der Waals surface area contributed by atoms with E-state index in [2.05, 4.69) is 5.32 Å². The Hall–Kier alpha value is -2.07. The van der Waals surface area contributed by atoms with E-state index in [1.54, 1.807) is 17.0 Å². The fraction of sp³-hybridized carbons (Fsp3) is 0.500. The molecule has 3 rings (SSSR count). The summed E-state index contributed by atoms with van der Waals surface area (Å²) in [7, 11) is 0. The quantitative estimate of drug-likeness (QED) is 0.603. The van der Waals surface area contributed by atoms with Gasteiger partial charge in [-0.2, -0.15) is 0 Å². The van der Waals surface area contributed by atoms with Crippen molar-refractivity contribution in [2.45, 2.75) is 18.6 Å². The van der Waals surface area contributed by atoms with Gasteiger partial charge in [0.05, 0.1) is 31.2 Å². The van der Waals surface area contributed by atoms with Crippen LogP contribution in [0.2, 0.25) is 10.0 Å². The third-order valence-electron chi connectivity index (χ3n) is 4.57.